The molecule has 0 spiro atoms. The molecule has 0 unspecified atom stereocenters. The summed E-state index contributed by atoms with van der Waals surface area (Å²) in [4.78, 5) is 26.4. The first-order valence-electron chi connectivity index (χ1n) is 11.1. The van der Waals surface area contributed by atoms with Crippen LogP contribution in [0.5, 0.6) is 5.75 Å². The van der Waals surface area contributed by atoms with Crippen molar-refractivity contribution in [3.63, 3.8) is 0 Å². The summed E-state index contributed by atoms with van der Waals surface area (Å²) in [6.45, 7) is 7.60. The number of nitrogens with zero attached hydrogens (tertiary/aromatic N) is 2. The minimum atomic E-state index is -4.09. The summed E-state index contributed by atoms with van der Waals surface area (Å²) in [5.74, 6) is -0.580. The van der Waals surface area contributed by atoms with E-state index in [1.807, 2.05) is 26.8 Å². The monoisotopic (exact) mass is 539 g/mol. The van der Waals surface area contributed by atoms with E-state index in [1.165, 1.54) is 49.6 Å². The Balaban J connectivity index is 2.08. The van der Waals surface area contributed by atoms with E-state index < -0.39 is 15.9 Å². The van der Waals surface area contributed by atoms with Crippen molar-refractivity contribution in [3.8, 4) is 11.8 Å². The Labute approximate surface area is 221 Å². The van der Waals surface area contributed by atoms with Crippen LogP contribution in [0.2, 0.25) is 5.02 Å². The predicted octanol–water partition coefficient (Wildman–Crippen LogP) is 5.43. The number of carbonyl (C=O) groups is 2. The molecule has 2 amide bonds. The highest BCUT2D eigenvalue weighted by molar-refractivity contribution is 7.92. The van der Waals surface area contributed by atoms with Crippen molar-refractivity contribution < 1.29 is 22.7 Å². The van der Waals surface area contributed by atoms with Crippen LogP contribution in [0.25, 0.3) is 0 Å². The summed E-state index contributed by atoms with van der Waals surface area (Å²) >= 11 is 6.27. The van der Waals surface area contributed by atoms with Gasteiger partial charge < -0.3 is 4.74 Å². The molecule has 10 heteroatoms. The lowest BCUT2D eigenvalue weighted by atomic mass is 9.87. The van der Waals surface area contributed by atoms with Gasteiger partial charge in [0.1, 0.15) is 5.75 Å². The quantitative estimate of drug-likeness (QED) is 0.400. The molecule has 3 rings (SSSR count). The maximum Gasteiger partial charge on any atom is 0.267 e. The average molecular weight is 540 g/mol. The molecular weight excluding hydrogens is 514 g/mol. The molecule has 0 aliphatic heterocycles. The first kappa shape index (κ1) is 27.7. The van der Waals surface area contributed by atoms with E-state index in [0.717, 1.165) is 10.5 Å². The zero-order valence-corrected chi connectivity index (χ0v) is 22.6. The van der Waals surface area contributed by atoms with Crippen molar-refractivity contribution in [3.05, 3.63) is 81.9 Å². The van der Waals surface area contributed by atoms with Crippen LogP contribution in [0.15, 0.2) is 59.5 Å². The summed E-state index contributed by atoms with van der Waals surface area (Å²) in [5, 5.41) is 9.53. The lowest BCUT2D eigenvalue weighted by Crippen LogP contribution is -2.31. The third-order valence-corrected chi connectivity index (χ3v) is 7.54. The molecule has 3 aromatic rings. The lowest BCUT2D eigenvalue weighted by molar-refractivity contribution is -0.106. The normalized spacial score (nSPS) is 11.4. The lowest BCUT2D eigenvalue weighted by Gasteiger charge is -2.21. The Morgan fingerprint density at radius 3 is 2.30 bits per heavy atom. The van der Waals surface area contributed by atoms with Crippen molar-refractivity contribution in [2.75, 3.05) is 16.7 Å². The number of rotatable bonds is 7. The number of hydrogen-bond donors (Lipinski definition) is 1. The van der Waals surface area contributed by atoms with E-state index in [-0.39, 0.29) is 55.6 Å². The summed E-state index contributed by atoms with van der Waals surface area (Å²) in [6.07, 6.45) is 0.280. The van der Waals surface area contributed by atoms with Gasteiger partial charge in [0.05, 0.1) is 40.6 Å². The van der Waals surface area contributed by atoms with Crippen LogP contribution in [0.4, 0.5) is 11.4 Å². The minimum Gasteiger partial charge on any atom is -0.497 e. The molecule has 0 radical (unpaired) electrons. The van der Waals surface area contributed by atoms with Crippen LogP contribution in [0.3, 0.4) is 0 Å². The first-order chi connectivity index (χ1) is 17.3. The second-order valence-electron chi connectivity index (χ2n) is 9.29. The number of ether oxygens (including phenoxy) is 1. The molecule has 0 heterocycles. The zero-order valence-electron chi connectivity index (χ0n) is 21.0. The van der Waals surface area contributed by atoms with Gasteiger partial charge in [0.15, 0.2) is 0 Å². The maximum absolute atomic E-state index is 13.6. The summed E-state index contributed by atoms with van der Waals surface area (Å²) in [5.41, 5.74) is 1.13. The fourth-order valence-corrected chi connectivity index (χ4v) is 4.87. The molecule has 1 N–H and O–H groups in total. The van der Waals surface area contributed by atoms with Gasteiger partial charge in [0.25, 0.3) is 15.9 Å². The molecule has 0 aliphatic rings. The van der Waals surface area contributed by atoms with E-state index in [2.05, 4.69) is 4.72 Å². The van der Waals surface area contributed by atoms with Crippen LogP contribution in [-0.4, -0.2) is 27.8 Å². The Kier molecular flexibility index (Phi) is 7.96. The van der Waals surface area contributed by atoms with E-state index in [0.29, 0.717) is 0 Å². The largest absolute Gasteiger partial charge is 0.497 e. The maximum atomic E-state index is 13.6. The van der Waals surface area contributed by atoms with Gasteiger partial charge in [-0.2, -0.15) is 5.26 Å². The summed E-state index contributed by atoms with van der Waals surface area (Å²) in [7, 11) is -2.71. The number of anilines is 2. The van der Waals surface area contributed by atoms with E-state index in [9.17, 15) is 23.3 Å². The highest BCUT2D eigenvalue weighted by Gasteiger charge is 2.27. The average Bonchev–Trinajstić information content (AvgIpc) is 2.86. The third kappa shape index (κ3) is 5.93. The van der Waals surface area contributed by atoms with E-state index >= 15 is 0 Å². The number of methoxy groups -OCH3 is 1. The number of nitriles is 1. The van der Waals surface area contributed by atoms with Crippen molar-refractivity contribution in [2.45, 2.75) is 38.0 Å². The fraction of sp³-hybridized carbons (Fsp3) is 0.222. The zero-order chi connectivity index (χ0) is 27.5. The Morgan fingerprint density at radius 1 is 1.11 bits per heavy atom. The van der Waals surface area contributed by atoms with Gasteiger partial charge in [-0.1, -0.05) is 44.5 Å². The van der Waals surface area contributed by atoms with Crippen molar-refractivity contribution in [2.24, 2.45) is 0 Å². The fourth-order valence-electron chi connectivity index (χ4n) is 3.64. The van der Waals surface area contributed by atoms with E-state index in [4.69, 9.17) is 16.3 Å². The molecule has 0 aromatic heterocycles. The molecule has 0 saturated heterocycles. The van der Waals surface area contributed by atoms with Crippen LogP contribution < -0.4 is 14.4 Å². The molecular formula is C27H26ClN3O5S. The molecule has 192 valence electrons. The molecule has 0 saturated carbocycles. The van der Waals surface area contributed by atoms with Crippen molar-refractivity contribution in [1.29, 1.82) is 5.26 Å². The summed E-state index contributed by atoms with van der Waals surface area (Å²) in [6, 6.07) is 15.4. The van der Waals surface area contributed by atoms with Crippen molar-refractivity contribution in [1.82, 2.24) is 0 Å². The molecule has 0 aliphatic carbocycles. The van der Waals surface area contributed by atoms with E-state index in [1.54, 1.807) is 19.1 Å². The number of amides is 2. The molecule has 0 fully saturated rings. The van der Waals surface area contributed by atoms with Gasteiger partial charge in [0.2, 0.25) is 6.41 Å². The summed E-state index contributed by atoms with van der Waals surface area (Å²) < 4.78 is 34.1. The molecule has 3 aromatic carbocycles. The van der Waals surface area contributed by atoms with Crippen LogP contribution in [0.1, 0.15) is 47.8 Å². The van der Waals surface area contributed by atoms with Gasteiger partial charge in [-0.05, 0) is 59.9 Å². The number of benzene rings is 3. The topological polar surface area (TPSA) is 117 Å². The van der Waals surface area contributed by atoms with Crippen LogP contribution >= 0.6 is 11.6 Å². The van der Waals surface area contributed by atoms with Gasteiger partial charge in [-0.25, -0.2) is 13.3 Å². The molecule has 0 bridgehead atoms. The Hall–Kier alpha value is -3.87. The highest BCUT2D eigenvalue weighted by Crippen LogP contribution is 2.32. The number of imide groups is 1. The van der Waals surface area contributed by atoms with Gasteiger partial charge >= 0.3 is 0 Å². The van der Waals surface area contributed by atoms with Crippen LogP contribution in [0, 0.1) is 18.3 Å². The molecule has 0 atom stereocenters. The third-order valence-electron chi connectivity index (χ3n) is 5.75. The number of sulfonamides is 1. The van der Waals surface area contributed by atoms with Crippen LogP contribution in [-0.2, 0) is 20.2 Å². The first-order valence-corrected chi connectivity index (χ1v) is 13.0. The predicted molar refractivity (Wildman–Crippen MR) is 143 cm³/mol. The highest BCUT2D eigenvalue weighted by atomic mass is 35.5. The second-order valence-corrected chi connectivity index (χ2v) is 11.4. The Morgan fingerprint density at radius 2 is 1.76 bits per heavy atom. The Bertz CT molecular complexity index is 1500. The SMILES string of the molecule is COc1cc(C#N)cc(N(C=O)C(=O)c2c(NS(=O)(=O)c3ccc(C(C)(C)C)cc3)ccc(Cl)c2C)c1. The number of nitrogens with one attached hydrogen (secondary N) is 1. The number of halogens is 1. The second kappa shape index (κ2) is 10.6. The van der Waals surface area contributed by atoms with Gasteiger partial charge in [-0.15, -0.1) is 0 Å². The standard InChI is InChI=1S/C27H26ClN3O5S/c1-17-23(28)10-11-24(30-37(34,35)22-8-6-19(7-9-22)27(2,3)4)25(17)26(33)31(16-32)20-12-18(15-29)13-21(14-20)36-5/h6-14,16,30H,1-5H3. The van der Waals surface area contributed by atoms with Crippen molar-refractivity contribution >= 4 is 45.3 Å². The number of carbonyl (C=O) groups excluding carboxylic acids is 2. The number of hydrogen-bond acceptors (Lipinski definition) is 6. The minimum absolute atomic E-state index is 0.00482. The molecule has 37 heavy (non-hydrogen) atoms. The molecule has 8 nitrogen and oxygen atoms in total. The van der Waals surface area contributed by atoms with Gasteiger partial charge in [0, 0.05) is 11.1 Å². The smallest absolute Gasteiger partial charge is 0.267 e. The van der Waals surface area contributed by atoms with Gasteiger partial charge in [-0.3, -0.25) is 14.3 Å².